The molecule has 0 spiro atoms. The van der Waals surface area contributed by atoms with Crippen molar-refractivity contribution in [3.63, 3.8) is 0 Å². The lowest BCUT2D eigenvalue weighted by atomic mass is 10.1. The molecule has 1 N–H and O–H groups in total. The molecule has 1 amide bonds. The van der Waals surface area contributed by atoms with Gasteiger partial charge in [-0.15, -0.1) is 0 Å². The summed E-state index contributed by atoms with van der Waals surface area (Å²) in [6, 6.07) is 10.6. The molecule has 0 fully saturated rings. The third kappa shape index (κ3) is 4.37. The van der Waals surface area contributed by atoms with Gasteiger partial charge in [0, 0.05) is 23.1 Å². The summed E-state index contributed by atoms with van der Waals surface area (Å²) in [5, 5.41) is 3.44. The predicted octanol–water partition coefficient (Wildman–Crippen LogP) is 4.08. The number of anilines is 1. The van der Waals surface area contributed by atoms with Crippen LogP contribution >= 0.6 is 11.6 Å². The first-order valence-corrected chi connectivity index (χ1v) is 8.57. The summed E-state index contributed by atoms with van der Waals surface area (Å²) in [5.41, 5.74) is 1.67. The molecule has 0 radical (unpaired) electrons. The Balaban J connectivity index is 1.67. The van der Waals surface area contributed by atoms with Crippen molar-refractivity contribution in [3.05, 3.63) is 47.0 Å². The smallest absolute Gasteiger partial charge is 0.262 e. The minimum Gasteiger partial charge on any atom is -0.492 e. The van der Waals surface area contributed by atoms with E-state index >= 15 is 0 Å². The molecular weight excluding hydrogens is 342 g/mol. The highest BCUT2D eigenvalue weighted by atomic mass is 35.5. The summed E-state index contributed by atoms with van der Waals surface area (Å²) in [4.78, 5) is 12.2. The molecule has 3 rings (SSSR count). The molecule has 2 aromatic rings. The molecule has 0 unspecified atom stereocenters. The second kappa shape index (κ2) is 7.66. The Morgan fingerprint density at radius 1 is 1.28 bits per heavy atom. The topological polar surface area (TPSA) is 56.8 Å². The highest BCUT2D eigenvalue weighted by molar-refractivity contribution is 6.30. The molecule has 1 aliphatic heterocycles. The van der Waals surface area contributed by atoms with Crippen LogP contribution in [0.25, 0.3) is 0 Å². The number of hydrogen-bond donors (Lipinski definition) is 1. The fourth-order valence-corrected chi connectivity index (χ4v) is 2.80. The summed E-state index contributed by atoms with van der Waals surface area (Å²) >= 11 is 5.82. The number of nitrogens with one attached hydrogen (secondary N) is 1. The number of benzene rings is 2. The van der Waals surface area contributed by atoms with Gasteiger partial charge in [-0.25, -0.2) is 0 Å². The van der Waals surface area contributed by atoms with Gasteiger partial charge in [-0.2, -0.15) is 0 Å². The Bertz CT molecular complexity index is 761. The molecular formula is C19H20ClNO4. The van der Waals surface area contributed by atoms with Gasteiger partial charge in [0.15, 0.2) is 6.61 Å². The molecule has 1 aliphatic rings. The Kier molecular flexibility index (Phi) is 5.34. The molecule has 0 aromatic heterocycles. The van der Waals surface area contributed by atoms with Gasteiger partial charge in [0.05, 0.1) is 12.3 Å². The second-order valence-corrected chi connectivity index (χ2v) is 6.25. The van der Waals surface area contributed by atoms with E-state index in [9.17, 15) is 4.79 Å². The Morgan fingerprint density at radius 2 is 2.04 bits per heavy atom. The average Bonchev–Trinajstić information content (AvgIpc) is 2.94. The average molecular weight is 362 g/mol. The first-order chi connectivity index (χ1) is 12.0. The number of amides is 1. The number of rotatable bonds is 6. The van der Waals surface area contributed by atoms with E-state index in [1.165, 1.54) is 0 Å². The first-order valence-electron chi connectivity index (χ1n) is 8.19. The lowest BCUT2D eigenvalue weighted by Gasteiger charge is -2.14. The lowest BCUT2D eigenvalue weighted by molar-refractivity contribution is -0.118. The number of halogens is 1. The van der Waals surface area contributed by atoms with Crippen molar-refractivity contribution >= 4 is 23.2 Å². The van der Waals surface area contributed by atoms with Crippen LogP contribution in [0.3, 0.4) is 0 Å². The van der Waals surface area contributed by atoms with Crippen LogP contribution in [0, 0.1) is 0 Å². The normalized spacial score (nSPS) is 15.2. The number of fused-ring (bicyclic) bond motifs is 1. The van der Waals surface area contributed by atoms with Gasteiger partial charge >= 0.3 is 0 Å². The van der Waals surface area contributed by atoms with Crippen molar-refractivity contribution in [2.75, 3.05) is 18.5 Å². The standard InChI is InChI=1S/C19H20ClNO4/c1-3-23-18-9-13-8-12(2)25-17(13)10-16(18)21-19(22)11-24-15-6-4-14(20)5-7-15/h4-7,9-10,12H,3,8,11H2,1-2H3,(H,21,22)/t12-/m0/s1. The van der Waals surface area contributed by atoms with Crippen LogP contribution in [-0.2, 0) is 11.2 Å². The zero-order valence-corrected chi connectivity index (χ0v) is 14.9. The van der Waals surface area contributed by atoms with Crippen LogP contribution < -0.4 is 19.5 Å². The molecule has 25 heavy (non-hydrogen) atoms. The van der Waals surface area contributed by atoms with Crippen LogP contribution in [0.15, 0.2) is 36.4 Å². The third-order valence-electron chi connectivity index (χ3n) is 3.76. The lowest BCUT2D eigenvalue weighted by Crippen LogP contribution is -2.20. The van der Waals surface area contributed by atoms with Gasteiger partial charge < -0.3 is 19.5 Å². The summed E-state index contributed by atoms with van der Waals surface area (Å²) < 4.78 is 16.9. The van der Waals surface area contributed by atoms with E-state index in [-0.39, 0.29) is 18.6 Å². The zero-order chi connectivity index (χ0) is 17.8. The summed E-state index contributed by atoms with van der Waals surface area (Å²) in [7, 11) is 0. The molecule has 5 nitrogen and oxygen atoms in total. The van der Waals surface area contributed by atoms with E-state index in [4.69, 9.17) is 25.8 Å². The van der Waals surface area contributed by atoms with Crippen LogP contribution in [0.1, 0.15) is 19.4 Å². The van der Waals surface area contributed by atoms with Crippen LogP contribution in [0.2, 0.25) is 5.02 Å². The zero-order valence-electron chi connectivity index (χ0n) is 14.2. The Hall–Kier alpha value is -2.40. The van der Waals surface area contributed by atoms with E-state index in [1.807, 2.05) is 26.0 Å². The van der Waals surface area contributed by atoms with Crippen molar-refractivity contribution in [1.82, 2.24) is 0 Å². The van der Waals surface area contributed by atoms with Gasteiger partial charge in [0.25, 0.3) is 5.91 Å². The quantitative estimate of drug-likeness (QED) is 0.842. The summed E-state index contributed by atoms with van der Waals surface area (Å²) in [6.07, 6.45) is 0.965. The van der Waals surface area contributed by atoms with Crippen LogP contribution in [0.5, 0.6) is 17.2 Å². The summed E-state index contributed by atoms with van der Waals surface area (Å²) in [6.45, 7) is 4.32. The molecule has 0 bridgehead atoms. The molecule has 2 aromatic carbocycles. The number of carbonyl (C=O) groups is 1. The first kappa shape index (κ1) is 17.4. The minimum atomic E-state index is -0.276. The third-order valence-corrected chi connectivity index (χ3v) is 4.01. The highest BCUT2D eigenvalue weighted by Gasteiger charge is 2.22. The fraction of sp³-hybridized carbons (Fsp3) is 0.316. The van der Waals surface area contributed by atoms with E-state index in [2.05, 4.69) is 5.32 Å². The van der Waals surface area contributed by atoms with E-state index < -0.39 is 0 Å². The molecule has 0 saturated carbocycles. The number of carbonyl (C=O) groups excluding carboxylic acids is 1. The molecule has 0 saturated heterocycles. The van der Waals surface area contributed by atoms with Gasteiger partial charge in [-0.05, 0) is 44.2 Å². The maximum Gasteiger partial charge on any atom is 0.262 e. The van der Waals surface area contributed by atoms with Crippen LogP contribution in [-0.4, -0.2) is 25.2 Å². The maximum absolute atomic E-state index is 12.2. The molecule has 0 aliphatic carbocycles. The largest absolute Gasteiger partial charge is 0.492 e. The van der Waals surface area contributed by atoms with Gasteiger partial charge in [-0.1, -0.05) is 11.6 Å². The van der Waals surface area contributed by atoms with Crippen molar-refractivity contribution < 1.29 is 19.0 Å². The van der Waals surface area contributed by atoms with Crippen molar-refractivity contribution in [2.45, 2.75) is 26.4 Å². The molecule has 1 atom stereocenters. The van der Waals surface area contributed by atoms with Crippen LogP contribution in [0.4, 0.5) is 5.69 Å². The maximum atomic E-state index is 12.2. The van der Waals surface area contributed by atoms with Crippen molar-refractivity contribution in [2.24, 2.45) is 0 Å². The van der Waals surface area contributed by atoms with E-state index in [0.717, 1.165) is 17.7 Å². The molecule has 132 valence electrons. The SMILES string of the molecule is CCOc1cc2c(cc1NC(=O)COc1ccc(Cl)cc1)O[C@@H](C)C2. The minimum absolute atomic E-state index is 0.110. The summed E-state index contributed by atoms with van der Waals surface area (Å²) in [5.74, 6) is 1.72. The van der Waals surface area contributed by atoms with E-state index in [1.54, 1.807) is 24.3 Å². The number of ether oxygens (including phenoxy) is 3. The van der Waals surface area contributed by atoms with Gasteiger partial charge in [-0.3, -0.25) is 4.79 Å². The Labute approximate surface area is 151 Å². The fourth-order valence-electron chi connectivity index (χ4n) is 2.68. The Morgan fingerprint density at radius 3 is 2.76 bits per heavy atom. The molecule has 6 heteroatoms. The van der Waals surface area contributed by atoms with Crippen molar-refractivity contribution in [1.29, 1.82) is 0 Å². The number of hydrogen-bond acceptors (Lipinski definition) is 4. The molecule has 1 heterocycles. The predicted molar refractivity (Wildman–Crippen MR) is 97.0 cm³/mol. The van der Waals surface area contributed by atoms with Gasteiger partial charge in [0.1, 0.15) is 23.4 Å². The highest BCUT2D eigenvalue weighted by Crippen LogP contribution is 2.38. The second-order valence-electron chi connectivity index (χ2n) is 5.81. The van der Waals surface area contributed by atoms with E-state index in [0.29, 0.717) is 28.8 Å². The van der Waals surface area contributed by atoms with Gasteiger partial charge in [0.2, 0.25) is 0 Å². The van der Waals surface area contributed by atoms with Crippen molar-refractivity contribution in [3.8, 4) is 17.2 Å². The monoisotopic (exact) mass is 361 g/mol.